The summed E-state index contributed by atoms with van der Waals surface area (Å²) < 4.78 is 0. The third-order valence-electron chi connectivity index (χ3n) is 4.55. The maximum Gasteiger partial charge on any atom is 0.253 e. The smallest absolute Gasteiger partial charge is 0.253 e. The van der Waals surface area contributed by atoms with Crippen LogP contribution < -0.4 is 10.6 Å². The number of anilines is 1. The number of fused-ring (bicyclic) bond motifs is 2. The van der Waals surface area contributed by atoms with Crippen molar-refractivity contribution in [2.75, 3.05) is 12.4 Å². The van der Waals surface area contributed by atoms with Gasteiger partial charge in [0.1, 0.15) is 0 Å². The Morgan fingerprint density at radius 2 is 2.16 bits per heavy atom. The van der Waals surface area contributed by atoms with E-state index in [1.807, 2.05) is 13.1 Å². The highest BCUT2D eigenvalue weighted by atomic mass is 35.5. The van der Waals surface area contributed by atoms with Crippen molar-refractivity contribution >= 4 is 23.2 Å². The summed E-state index contributed by atoms with van der Waals surface area (Å²) >= 11 is 5.99. The molecule has 0 saturated heterocycles. The Morgan fingerprint density at radius 1 is 1.32 bits per heavy atom. The average Bonchev–Trinajstić information content (AvgIpc) is 3.01. The summed E-state index contributed by atoms with van der Waals surface area (Å²) in [5, 5.41) is 6.83. The van der Waals surface area contributed by atoms with E-state index in [4.69, 9.17) is 11.6 Å². The summed E-state index contributed by atoms with van der Waals surface area (Å²) in [4.78, 5) is 12.4. The van der Waals surface area contributed by atoms with Gasteiger partial charge in [0, 0.05) is 23.8 Å². The quantitative estimate of drug-likeness (QED) is 0.891. The number of hydrogen-bond acceptors (Lipinski definition) is 2. The van der Waals surface area contributed by atoms with E-state index in [1.165, 1.54) is 19.3 Å². The van der Waals surface area contributed by atoms with Crippen LogP contribution in [0.4, 0.5) is 5.69 Å². The molecule has 1 amide bonds. The molecule has 3 unspecified atom stereocenters. The molecule has 3 atom stereocenters. The van der Waals surface area contributed by atoms with Gasteiger partial charge in [-0.05, 0) is 49.3 Å². The lowest BCUT2D eigenvalue weighted by molar-refractivity contribution is 0.0924. The molecule has 19 heavy (non-hydrogen) atoms. The van der Waals surface area contributed by atoms with Gasteiger partial charge < -0.3 is 10.6 Å². The van der Waals surface area contributed by atoms with Gasteiger partial charge in [-0.2, -0.15) is 0 Å². The lowest BCUT2D eigenvalue weighted by Gasteiger charge is -2.23. The molecule has 2 saturated carbocycles. The third kappa shape index (κ3) is 2.44. The molecule has 1 aromatic rings. The normalized spacial score (nSPS) is 28.4. The molecule has 2 aliphatic carbocycles. The first-order valence-electron chi connectivity index (χ1n) is 6.95. The van der Waals surface area contributed by atoms with Crippen molar-refractivity contribution in [1.29, 1.82) is 0 Å². The number of rotatable bonds is 3. The van der Waals surface area contributed by atoms with Crippen LogP contribution in [0.25, 0.3) is 0 Å². The molecule has 2 bridgehead atoms. The van der Waals surface area contributed by atoms with E-state index >= 15 is 0 Å². The summed E-state index contributed by atoms with van der Waals surface area (Å²) in [6, 6.07) is 5.73. The molecule has 2 fully saturated rings. The van der Waals surface area contributed by atoms with Gasteiger partial charge in [-0.25, -0.2) is 0 Å². The fourth-order valence-electron chi connectivity index (χ4n) is 3.59. The monoisotopic (exact) mass is 278 g/mol. The van der Waals surface area contributed by atoms with Crippen LogP contribution in [-0.2, 0) is 0 Å². The average molecular weight is 279 g/mol. The van der Waals surface area contributed by atoms with Crippen LogP contribution in [0, 0.1) is 11.8 Å². The van der Waals surface area contributed by atoms with E-state index in [-0.39, 0.29) is 5.91 Å². The van der Waals surface area contributed by atoms with Crippen LogP contribution in [0.3, 0.4) is 0 Å². The van der Waals surface area contributed by atoms with Crippen LogP contribution in [0.2, 0.25) is 5.02 Å². The van der Waals surface area contributed by atoms with Crippen molar-refractivity contribution in [3.63, 3.8) is 0 Å². The van der Waals surface area contributed by atoms with Gasteiger partial charge in [-0.1, -0.05) is 18.0 Å². The molecule has 4 heteroatoms. The molecule has 102 valence electrons. The Kier molecular flexibility index (Phi) is 3.40. The molecule has 0 radical (unpaired) electrons. The molecule has 0 spiro atoms. The van der Waals surface area contributed by atoms with Gasteiger partial charge in [0.05, 0.1) is 5.56 Å². The predicted octanol–water partition coefficient (Wildman–Crippen LogP) is 3.30. The van der Waals surface area contributed by atoms with Gasteiger partial charge in [0.2, 0.25) is 0 Å². The summed E-state index contributed by atoms with van der Waals surface area (Å²) in [6.45, 7) is 0. The highest BCUT2D eigenvalue weighted by Gasteiger charge is 2.40. The van der Waals surface area contributed by atoms with Crippen molar-refractivity contribution in [2.24, 2.45) is 11.8 Å². The first-order chi connectivity index (χ1) is 9.17. The lowest BCUT2D eigenvalue weighted by atomic mass is 9.95. The topological polar surface area (TPSA) is 41.1 Å². The van der Waals surface area contributed by atoms with E-state index in [1.54, 1.807) is 12.1 Å². The first kappa shape index (κ1) is 12.8. The standard InChI is InChI=1S/C15H19ClN2O/c1-17-13-5-4-11(16)8-12(13)15(19)18-14-7-9-2-3-10(14)6-9/h4-5,8-10,14,17H,2-3,6-7H2,1H3,(H,18,19). The Balaban J connectivity index is 1.75. The number of carbonyl (C=O) groups excluding carboxylic acids is 1. The maximum absolute atomic E-state index is 12.4. The maximum atomic E-state index is 12.4. The predicted molar refractivity (Wildman–Crippen MR) is 77.7 cm³/mol. The molecule has 2 N–H and O–H groups in total. The zero-order valence-corrected chi connectivity index (χ0v) is 11.8. The minimum atomic E-state index is -0.00981. The van der Waals surface area contributed by atoms with Crippen molar-refractivity contribution in [1.82, 2.24) is 5.32 Å². The highest BCUT2D eigenvalue weighted by molar-refractivity contribution is 6.31. The number of benzene rings is 1. The van der Waals surface area contributed by atoms with Crippen LogP contribution in [0.5, 0.6) is 0 Å². The summed E-state index contributed by atoms with van der Waals surface area (Å²) in [5.74, 6) is 1.51. The van der Waals surface area contributed by atoms with Gasteiger partial charge in [0.15, 0.2) is 0 Å². The number of halogens is 1. The summed E-state index contributed by atoms with van der Waals surface area (Å²) in [7, 11) is 1.82. The second kappa shape index (κ2) is 5.04. The molecule has 1 aromatic carbocycles. The molecule has 3 nitrogen and oxygen atoms in total. The Hall–Kier alpha value is -1.22. The lowest BCUT2D eigenvalue weighted by Crippen LogP contribution is -2.38. The molecular formula is C15H19ClN2O. The van der Waals surface area contributed by atoms with Crippen LogP contribution in [0.1, 0.15) is 36.0 Å². The van der Waals surface area contributed by atoms with Crippen molar-refractivity contribution in [3.8, 4) is 0 Å². The van der Waals surface area contributed by atoms with Gasteiger partial charge >= 0.3 is 0 Å². The van der Waals surface area contributed by atoms with Crippen molar-refractivity contribution in [2.45, 2.75) is 31.7 Å². The van der Waals surface area contributed by atoms with Gasteiger partial charge in [0.25, 0.3) is 5.91 Å². The summed E-state index contributed by atoms with van der Waals surface area (Å²) in [5.41, 5.74) is 1.46. The zero-order valence-electron chi connectivity index (χ0n) is 11.1. The van der Waals surface area contributed by atoms with Crippen LogP contribution in [-0.4, -0.2) is 19.0 Å². The van der Waals surface area contributed by atoms with Crippen molar-refractivity contribution < 1.29 is 4.79 Å². The van der Waals surface area contributed by atoms with E-state index in [2.05, 4.69) is 10.6 Å². The third-order valence-corrected chi connectivity index (χ3v) is 4.79. The second-order valence-electron chi connectivity index (χ2n) is 5.69. The number of hydrogen-bond donors (Lipinski definition) is 2. The van der Waals surface area contributed by atoms with Gasteiger partial charge in [-0.3, -0.25) is 4.79 Å². The summed E-state index contributed by atoms with van der Waals surface area (Å²) in [6.07, 6.45) is 5.05. The number of carbonyl (C=O) groups is 1. The van der Waals surface area contributed by atoms with Gasteiger partial charge in [-0.15, -0.1) is 0 Å². The zero-order chi connectivity index (χ0) is 13.4. The number of amides is 1. The minimum absolute atomic E-state index is 0.00981. The molecular weight excluding hydrogens is 260 g/mol. The molecule has 2 aliphatic rings. The molecule has 3 rings (SSSR count). The Morgan fingerprint density at radius 3 is 2.79 bits per heavy atom. The Bertz CT molecular complexity index is 503. The minimum Gasteiger partial charge on any atom is -0.387 e. The van der Waals surface area contributed by atoms with E-state index in [9.17, 15) is 4.79 Å². The fourth-order valence-corrected chi connectivity index (χ4v) is 3.76. The highest BCUT2D eigenvalue weighted by Crippen LogP contribution is 2.44. The van der Waals surface area contributed by atoms with Crippen LogP contribution in [0.15, 0.2) is 18.2 Å². The molecule has 0 heterocycles. The Labute approximate surface area is 118 Å². The van der Waals surface area contributed by atoms with E-state index < -0.39 is 0 Å². The first-order valence-corrected chi connectivity index (χ1v) is 7.33. The van der Waals surface area contributed by atoms with E-state index in [0.29, 0.717) is 22.5 Å². The fraction of sp³-hybridized carbons (Fsp3) is 0.533. The molecule has 0 aliphatic heterocycles. The molecule has 0 aromatic heterocycles. The van der Waals surface area contributed by atoms with Crippen LogP contribution >= 0.6 is 11.6 Å². The SMILES string of the molecule is CNc1ccc(Cl)cc1C(=O)NC1CC2CCC1C2. The van der Waals surface area contributed by atoms with E-state index in [0.717, 1.165) is 18.0 Å². The largest absolute Gasteiger partial charge is 0.387 e. The number of nitrogens with one attached hydrogen (secondary N) is 2. The second-order valence-corrected chi connectivity index (χ2v) is 6.13. The van der Waals surface area contributed by atoms with Crippen molar-refractivity contribution in [3.05, 3.63) is 28.8 Å².